The second-order valence-corrected chi connectivity index (χ2v) is 6.11. The zero-order valence-electron chi connectivity index (χ0n) is 7.30. The Hall–Kier alpha value is 0.0600. The van der Waals surface area contributed by atoms with Crippen LogP contribution < -0.4 is 4.90 Å². The second kappa shape index (κ2) is 4.28. The maximum absolute atomic E-state index is 11.6. The molecule has 1 fully saturated rings. The zero-order chi connectivity index (χ0) is 10.1. The summed E-state index contributed by atoms with van der Waals surface area (Å²) in [4.78, 5) is 17.6. The molecule has 76 valence electrons. The van der Waals surface area contributed by atoms with E-state index in [9.17, 15) is 4.79 Å². The van der Waals surface area contributed by atoms with Crippen molar-refractivity contribution >= 4 is 54.2 Å². The van der Waals surface area contributed by atoms with Gasteiger partial charge in [0.25, 0.3) is 0 Å². The third-order valence-electron chi connectivity index (χ3n) is 2.09. The van der Waals surface area contributed by atoms with Crippen LogP contribution in [-0.4, -0.2) is 17.4 Å². The van der Waals surface area contributed by atoms with Crippen molar-refractivity contribution < 1.29 is 4.79 Å². The topological polar surface area (TPSA) is 33.2 Å². The van der Waals surface area contributed by atoms with Crippen LogP contribution in [0.3, 0.4) is 0 Å². The van der Waals surface area contributed by atoms with Gasteiger partial charge in [-0.15, -0.1) is 0 Å². The Labute approximate surface area is 103 Å². The molecule has 0 spiro atoms. The van der Waals surface area contributed by atoms with Crippen LogP contribution in [0.1, 0.15) is 19.3 Å². The van der Waals surface area contributed by atoms with Gasteiger partial charge in [0, 0.05) is 13.0 Å². The van der Waals surface area contributed by atoms with E-state index in [0.717, 1.165) is 32.9 Å². The van der Waals surface area contributed by atoms with Crippen LogP contribution in [0.25, 0.3) is 0 Å². The minimum Gasteiger partial charge on any atom is -0.288 e. The lowest BCUT2D eigenvalue weighted by Gasteiger charge is -2.23. The standard InChI is InChI=1S/C8H8Br2N2OS/c9-6-7(10)14-8(11-6)12-4-2-1-3-5(12)13/h1-4H2. The lowest BCUT2D eigenvalue weighted by molar-refractivity contribution is -0.119. The Kier molecular flexibility index (Phi) is 3.23. The molecular weight excluding hydrogens is 332 g/mol. The van der Waals surface area contributed by atoms with Gasteiger partial charge in [0.15, 0.2) is 5.13 Å². The molecule has 1 aromatic heterocycles. The van der Waals surface area contributed by atoms with E-state index in [0.29, 0.717) is 6.42 Å². The van der Waals surface area contributed by atoms with Crippen LogP contribution in [0, 0.1) is 0 Å². The van der Waals surface area contributed by atoms with E-state index in [1.54, 1.807) is 4.90 Å². The van der Waals surface area contributed by atoms with Crippen LogP contribution in [0.15, 0.2) is 8.39 Å². The first-order valence-electron chi connectivity index (χ1n) is 4.30. The minimum atomic E-state index is 0.185. The highest BCUT2D eigenvalue weighted by Gasteiger charge is 2.23. The fraction of sp³-hybridized carbons (Fsp3) is 0.500. The Balaban J connectivity index is 2.24. The van der Waals surface area contributed by atoms with Gasteiger partial charge in [0.2, 0.25) is 5.91 Å². The Morgan fingerprint density at radius 2 is 2.14 bits per heavy atom. The molecule has 1 aromatic rings. The summed E-state index contributed by atoms with van der Waals surface area (Å²) in [7, 11) is 0. The Morgan fingerprint density at radius 1 is 1.36 bits per heavy atom. The molecule has 0 bridgehead atoms. The van der Waals surface area contributed by atoms with E-state index in [1.165, 1.54) is 11.3 Å². The molecule has 0 unspecified atom stereocenters. The average molecular weight is 340 g/mol. The van der Waals surface area contributed by atoms with Gasteiger partial charge in [-0.05, 0) is 44.7 Å². The number of carbonyl (C=O) groups excluding carboxylic acids is 1. The number of anilines is 1. The lowest BCUT2D eigenvalue weighted by atomic mass is 10.1. The molecule has 2 rings (SSSR count). The van der Waals surface area contributed by atoms with E-state index < -0.39 is 0 Å². The van der Waals surface area contributed by atoms with Gasteiger partial charge in [0.1, 0.15) is 8.39 Å². The quantitative estimate of drug-likeness (QED) is 0.787. The van der Waals surface area contributed by atoms with E-state index >= 15 is 0 Å². The molecule has 1 saturated heterocycles. The van der Waals surface area contributed by atoms with E-state index in [-0.39, 0.29) is 5.91 Å². The molecule has 3 nitrogen and oxygen atoms in total. The Bertz CT molecular complexity index is 347. The SMILES string of the molecule is O=C1CCCCN1c1nc(Br)c(Br)s1. The summed E-state index contributed by atoms with van der Waals surface area (Å²) in [5.41, 5.74) is 0. The third kappa shape index (κ3) is 2.01. The number of piperidine rings is 1. The highest BCUT2D eigenvalue weighted by atomic mass is 79.9. The first kappa shape index (κ1) is 10.6. The number of hydrogen-bond acceptors (Lipinski definition) is 3. The molecule has 0 saturated carbocycles. The predicted octanol–water partition coefficient (Wildman–Crippen LogP) is 3.19. The Morgan fingerprint density at radius 3 is 2.71 bits per heavy atom. The van der Waals surface area contributed by atoms with Crippen molar-refractivity contribution in [1.29, 1.82) is 0 Å². The summed E-state index contributed by atoms with van der Waals surface area (Å²) in [6, 6.07) is 0. The van der Waals surface area contributed by atoms with Gasteiger partial charge in [-0.3, -0.25) is 9.69 Å². The molecule has 6 heteroatoms. The van der Waals surface area contributed by atoms with Crippen LogP contribution in [-0.2, 0) is 4.79 Å². The van der Waals surface area contributed by atoms with Gasteiger partial charge in [-0.2, -0.15) is 0 Å². The number of halogens is 2. The fourth-order valence-electron chi connectivity index (χ4n) is 1.40. The number of aromatic nitrogens is 1. The first-order valence-corrected chi connectivity index (χ1v) is 6.71. The van der Waals surface area contributed by atoms with Crippen LogP contribution in [0.4, 0.5) is 5.13 Å². The summed E-state index contributed by atoms with van der Waals surface area (Å²) in [5.74, 6) is 0.185. The van der Waals surface area contributed by atoms with Crippen LogP contribution in [0.2, 0.25) is 0 Å². The smallest absolute Gasteiger partial charge is 0.228 e. The predicted molar refractivity (Wildman–Crippen MR) is 63.7 cm³/mol. The van der Waals surface area contributed by atoms with Gasteiger partial charge in [0.05, 0.1) is 0 Å². The molecule has 1 amide bonds. The maximum Gasteiger partial charge on any atom is 0.228 e. The molecule has 0 atom stereocenters. The lowest BCUT2D eigenvalue weighted by Crippen LogP contribution is -2.35. The molecule has 14 heavy (non-hydrogen) atoms. The molecular formula is C8H8Br2N2OS. The largest absolute Gasteiger partial charge is 0.288 e. The molecule has 2 heterocycles. The number of hydrogen-bond donors (Lipinski definition) is 0. The highest BCUT2D eigenvalue weighted by Crippen LogP contribution is 2.35. The third-order valence-corrected chi connectivity index (χ3v) is 5.19. The summed E-state index contributed by atoms with van der Waals surface area (Å²) < 4.78 is 1.71. The second-order valence-electron chi connectivity index (χ2n) is 3.06. The van der Waals surface area contributed by atoms with E-state index in [4.69, 9.17) is 0 Å². The van der Waals surface area contributed by atoms with Crippen molar-refractivity contribution in [3.63, 3.8) is 0 Å². The molecule has 1 aliphatic heterocycles. The number of rotatable bonds is 1. The first-order chi connectivity index (χ1) is 6.68. The number of thiazole rings is 1. The summed E-state index contributed by atoms with van der Waals surface area (Å²) in [5, 5.41) is 0.786. The molecule has 0 radical (unpaired) electrons. The fourth-order valence-corrected chi connectivity index (χ4v) is 3.18. The van der Waals surface area contributed by atoms with Crippen molar-refractivity contribution in [2.45, 2.75) is 19.3 Å². The van der Waals surface area contributed by atoms with Crippen molar-refractivity contribution in [1.82, 2.24) is 4.98 Å². The van der Waals surface area contributed by atoms with Crippen molar-refractivity contribution in [3.05, 3.63) is 8.39 Å². The average Bonchev–Trinajstić information content (AvgIpc) is 2.48. The molecule has 0 aromatic carbocycles. The summed E-state index contributed by atoms with van der Waals surface area (Å²) in [6.07, 6.45) is 2.72. The van der Waals surface area contributed by atoms with Crippen molar-refractivity contribution in [3.8, 4) is 0 Å². The highest BCUT2D eigenvalue weighted by molar-refractivity contribution is 9.13. The maximum atomic E-state index is 11.6. The number of amides is 1. The molecule has 0 N–H and O–H groups in total. The monoisotopic (exact) mass is 338 g/mol. The van der Waals surface area contributed by atoms with Crippen molar-refractivity contribution in [2.75, 3.05) is 11.4 Å². The molecule has 1 aliphatic rings. The van der Waals surface area contributed by atoms with E-state index in [1.807, 2.05) is 0 Å². The summed E-state index contributed by atoms with van der Waals surface area (Å²) >= 11 is 8.18. The van der Waals surface area contributed by atoms with Crippen LogP contribution in [0.5, 0.6) is 0 Å². The number of carbonyl (C=O) groups is 1. The summed E-state index contributed by atoms with van der Waals surface area (Å²) in [6.45, 7) is 0.797. The van der Waals surface area contributed by atoms with Gasteiger partial charge < -0.3 is 0 Å². The number of nitrogens with zero attached hydrogens (tertiary/aromatic N) is 2. The zero-order valence-corrected chi connectivity index (χ0v) is 11.3. The minimum absolute atomic E-state index is 0.185. The van der Waals surface area contributed by atoms with Crippen LogP contribution >= 0.6 is 43.2 Å². The van der Waals surface area contributed by atoms with E-state index in [2.05, 4.69) is 36.8 Å². The van der Waals surface area contributed by atoms with Crippen molar-refractivity contribution in [2.24, 2.45) is 0 Å². The van der Waals surface area contributed by atoms with Gasteiger partial charge >= 0.3 is 0 Å². The van der Waals surface area contributed by atoms with Gasteiger partial charge in [-0.25, -0.2) is 4.98 Å². The van der Waals surface area contributed by atoms with Gasteiger partial charge in [-0.1, -0.05) is 11.3 Å². The normalized spacial score (nSPS) is 17.6. The molecule has 0 aliphatic carbocycles.